The topological polar surface area (TPSA) is 0 Å². The van der Waals surface area contributed by atoms with Crippen LogP contribution in [0.5, 0.6) is 0 Å². The summed E-state index contributed by atoms with van der Waals surface area (Å²) in [5.41, 5.74) is 0. The Bertz CT molecular complexity index is 128. The first-order valence-electron chi connectivity index (χ1n) is 12.0. The van der Waals surface area contributed by atoms with Crippen LogP contribution in [0.1, 0.15) is 142 Å². The van der Waals surface area contributed by atoms with Gasteiger partial charge in [-0.05, 0) is 0 Å². The smallest absolute Gasteiger partial charge is 0.793 e. The van der Waals surface area contributed by atoms with Crippen molar-refractivity contribution in [3.05, 3.63) is 0 Å². The van der Waals surface area contributed by atoms with Crippen molar-refractivity contribution in [2.45, 2.75) is 142 Å². The van der Waals surface area contributed by atoms with Gasteiger partial charge in [0.05, 0.1) is 0 Å². The zero-order valence-electron chi connectivity index (χ0n) is 18.9. The minimum atomic E-state index is 0. The SMILES string of the molecule is C1CCCC1.C1CCCC1.C1CCCC1.C1CCCC1.CC[S-].CC[S-].[Yb+3].[Yb+3]. The molecule has 28 heavy (non-hydrogen) atoms. The Morgan fingerprint density at radius 2 is 0.357 bits per heavy atom. The van der Waals surface area contributed by atoms with E-state index in [4.69, 9.17) is 0 Å². The van der Waals surface area contributed by atoms with E-state index in [0.29, 0.717) is 0 Å². The minimum absolute atomic E-state index is 0. The summed E-state index contributed by atoms with van der Waals surface area (Å²) in [6.45, 7) is 3.88. The van der Waals surface area contributed by atoms with Crippen LogP contribution in [0.4, 0.5) is 0 Å². The first-order chi connectivity index (χ1) is 12.8. The van der Waals surface area contributed by atoms with Crippen molar-refractivity contribution in [1.29, 1.82) is 0 Å². The quantitative estimate of drug-likeness (QED) is 0.227. The van der Waals surface area contributed by atoms with Gasteiger partial charge in [0.15, 0.2) is 0 Å². The van der Waals surface area contributed by atoms with Crippen LogP contribution in [-0.4, -0.2) is 11.5 Å². The van der Waals surface area contributed by atoms with E-state index < -0.39 is 0 Å². The summed E-state index contributed by atoms with van der Waals surface area (Å²) in [7, 11) is 0. The second-order valence-corrected chi connectivity index (χ2v) is 8.80. The maximum Gasteiger partial charge on any atom is 3.00 e. The van der Waals surface area contributed by atoms with Crippen molar-refractivity contribution in [2.75, 3.05) is 11.5 Å². The van der Waals surface area contributed by atoms with E-state index in [9.17, 15) is 0 Å². The fraction of sp³-hybridized carbons (Fsp3) is 1.00. The van der Waals surface area contributed by atoms with E-state index in [1.54, 1.807) is 0 Å². The van der Waals surface area contributed by atoms with E-state index in [-0.39, 0.29) is 93.8 Å². The molecule has 4 saturated carbocycles. The molecular formula is C24H50S2Yb2+4. The molecule has 4 rings (SSSR count). The molecule has 0 aliphatic heterocycles. The molecule has 0 aromatic carbocycles. The molecule has 4 aliphatic rings. The standard InChI is InChI=1S/4C5H10.2C2H6S.2Yb/c4*1-2-4-5-3-1;2*1-2-3;;/h4*1-5H2;2*3H,2H2,1H3;;/q;;;;;;2*+3/p-2. The summed E-state index contributed by atoms with van der Waals surface area (Å²) in [4.78, 5) is 0. The van der Waals surface area contributed by atoms with E-state index >= 15 is 0 Å². The van der Waals surface area contributed by atoms with Gasteiger partial charge >= 0.3 is 93.8 Å². The average molecular weight is 749 g/mol. The Morgan fingerprint density at radius 3 is 0.393 bits per heavy atom. The molecular weight excluding hydrogens is 698 g/mol. The average Bonchev–Trinajstić information content (AvgIpc) is 3.53. The van der Waals surface area contributed by atoms with Crippen LogP contribution >= 0.6 is 0 Å². The van der Waals surface area contributed by atoms with Crippen LogP contribution in [0, 0.1) is 93.8 Å². The molecule has 0 unspecified atom stereocenters. The third-order valence-corrected chi connectivity index (χ3v) is 5.00. The van der Waals surface area contributed by atoms with Gasteiger partial charge in [-0.3, -0.25) is 0 Å². The summed E-state index contributed by atoms with van der Waals surface area (Å²) in [6, 6.07) is 0. The number of hydrogen-bond donors (Lipinski definition) is 0. The molecule has 0 aromatic rings. The van der Waals surface area contributed by atoms with Crippen LogP contribution in [0.2, 0.25) is 0 Å². The van der Waals surface area contributed by atoms with Gasteiger partial charge in [0.25, 0.3) is 0 Å². The van der Waals surface area contributed by atoms with Crippen molar-refractivity contribution in [2.24, 2.45) is 0 Å². The van der Waals surface area contributed by atoms with E-state index in [2.05, 4.69) is 25.3 Å². The van der Waals surface area contributed by atoms with Crippen molar-refractivity contribution >= 4 is 25.3 Å². The van der Waals surface area contributed by atoms with Crippen LogP contribution in [-0.2, 0) is 25.3 Å². The van der Waals surface area contributed by atoms with Crippen LogP contribution in [0.25, 0.3) is 0 Å². The Hall–Kier alpha value is 3.74. The van der Waals surface area contributed by atoms with Gasteiger partial charge < -0.3 is 25.3 Å². The molecule has 0 bridgehead atoms. The van der Waals surface area contributed by atoms with Crippen LogP contribution in [0.3, 0.4) is 0 Å². The fourth-order valence-corrected chi connectivity index (χ4v) is 3.54. The summed E-state index contributed by atoms with van der Waals surface area (Å²) < 4.78 is 0. The van der Waals surface area contributed by atoms with Gasteiger partial charge in [0.2, 0.25) is 0 Å². The molecule has 0 spiro atoms. The monoisotopic (exact) mass is 750 g/mol. The Labute approximate surface area is 268 Å². The Kier molecular flexibility index (Phi) is 57.1. The van der Waals surface area contributed by atoms with Crippen molar-refractivity contribution in [3.8, 4) is 0 Å². The maximum absolute atomic E-state index is 4.39. The predicted octanol–water partition coefficient (Wildman–Crippen LogP) is 8.91. The van der Waals surface area contributed by atoms with Crippen molar-refractivity contribution < 1.29 is 93.8 Å². The van der Waals surface area contributed by atoms with Gasteiger partial charge in [-0.1, -0.05) is 142 Å². The zero-order chi connectivity index (χ0) is 19.6. The molecule has 0 aromatic heterocycles. The van der Waals surface area contributed by atoms with E-state index in [1.807, 2.05) is 13.8 Å². The molecule has 4 aliphatic carbocycles. The molecule has 0 saturated heterocycles. The third-order valence-electron chi connectivity index (χ3n) is 5.00. The van der Waals surface area contributed by atoms with Crippen molar-refractivity contribution in [3.63, 3.8) is 0 Å². The molecule has 0 nitrogen and oxygen atoms in total. The fourth-order valence-electron chi connectivity index (χ4n) is 3.54. The zero-order valence-corrected chi connectivity index (χ0v) is 24.0. The molecule has 4 fully saturated rings. The molecule has 0 heterocycles. The second kappa shape index (κ2) is 41.0. The molecule has 182 valence electrons. The number of hydrogen-bond acceptors (Lipinski definition) is 2. The number of rotatable bonds is 0. The van der Waals surface area contributed by atoms with E-state index in [1.165, 1.54) is 128 Å². The molecule has 0 N–H and O–H groups in total. The van der Waals surface area contributed by atoms with Crippen LogP contribution in [0.15, 0.2) is 0 Å². The summed E-state index contributed by atoms with van der Waals surface area (Å²) in [5.74, 6) is 1.67. The minimum Gasteiger partial charge on any atom is -0.793 e. The second-order valence-electron chi connectivity index (χ2n) is 7.65. The summed E-state index contributed by atoms with van der Waals surface area (Å²) in [6.07, 6.45) is 30.0. The van der Waals surface area contributed by atoms with Gasteiger partial charge in [-0.2, -0.15) is 11.5 Å². The van der Waals surface area contributed by atoms with Gasteiger partial charge in [-0.15, -0.1) is 0 Å². The predicted molar refractivity (Wildman–Crippen MR) is 128 cm³/mol. The third kappa shape index (κ3) is 43.6. The first-order valence-corrected chi connectivity index (χ1v) is 13.1. The Balaban J connectivity index is -0.000000124. The van der Waals surface area contributed by atoms with Crippen molar-refractivity contribution in [1.82, 2.24) is 0 Å². The van der Waals surface area contributed by atoms with Gasteiger partial charge in [0.1, 0.15) is 0 Å². The Morgan fingerprint density at radius 1 is 0.321 bits per heavy atom. The maximum atomic E-state index is 4.39. The molecule has 4 heteroatoms. The summed E-state index contributed by atoms with van der Waals surface area (Å²) in [5, 5.41) is 0. The normalized spacial score (nSPS) is 18.4. The summed E-state index contributed by atoms with van der Waals surface area (Å²) >= 11 is 8.79. The molecule has 2 radical (unpaired) electrons. The first kappa shape index (κ1) is 39.0. The van der Waals surface area contributed by atoms with Crippen LogP contribution < -0.4 is 0 Å². The van der Waals surface area contributed by atoms with Gasteiger partial charge in [-0.25, -0.2) is 0 Å². The van der Waals surface area contributed by atoms with E-state index in [0.717, 1.165) is 11.5 Å². The molecule has 0 atom stereocenters. The van der Waals surface area contributed by atoms with Gasteiger partial charge in [0, 0.05) is 0 Å². The largest absolute Gasteiger partial charge is 3.00 e. The molecule has 0 amide bonds.